The Bertz CT molecular complexity index is 673. The Balaban J connectivity index is 0.00000208. The minimum atomic E-state index is 0. The molecule has 0 heterocycles. The summed E-state index contributed by atoms with van der Waals surface area (Å²) >= 11 is 0. The van der Waals surface area contributed by atoms with Gasteiger partial charge in [-0.2, -0.15) is 0 Å². The molecule has 0 aromatic carbocycles. The van der Waals surface area contributed by atoms with Crippen molar-refractivity contribution in [1.82, 2.24) is 0 Å². The lowest BCUT2D eigenvalue weighted by Crippen LogP contribution is -2.32. The van der Waals surface area contributed by atoms with Crippen molar-refractivity contribution in [1.29, 1.82) is 0 Å². The van der Waals surface area contributed by atoms with Gasteiger partial charge in [0.15, 0.2) is 0 Å². The maximum absolute atomic E-state index is 4.59. The van der Waals surface area contributed by atoms with Gasteiger partial charge in [0.25, 0.3) is 0 Å². The molecule has 0 radical (unpaired) electrons. The fourth-order valence-corrected chi connectivity index (χ4v) is 4.36. The normalized spacial score (nSPS) is 28.7. The first-order valence-corrected chi connectivity index (χ1v) is 9.07. The second-order valence-electron chi connectivity index (χ2n) is 7.94. The van der Waals surface area contributed by atoms with Crippen LogP contribution in [0.15, 0.2) is 70.9 Å². The highest BCUT2D eigenvalue weighted by molar-refractivity contribution is 5.59. The summed E-state index contributed by atoms with van der Waals surface area (Å²) < 4.78 is 0. The average molecular weight is 323 g/mol. The van der Waals surface area contributed by atoms with E-state index in [9.17, 15) is 0 Å². The minimum absolute atomic E-state index is 0. The molecule has 3 aliphatic carbocycles. The molecule has 3 atom stereocenters. The summed E-state index contributed by atoms with van der Waals surface area (Å²) in [6, 6.07) is 0. The molecule has 3 rings (SSSR count). The first-order chi connectivity index (χ1) is 10.9. The number of hydrogen-bond acceptors (Lipinski definition) is 0. The van der Waals surface area contributed by atoms with E-state index >= 15 is 0 Å². The molecule has 3 unspecified atom stereocenters. The zero-order chi connectivity index (χ0) is 16.8. The lowest BCUT2D eigenvalue weighted by atomic mass is 9.61. The van der Waals surface area contributed by atoms with E-state index in [1.807, 2.05) is 0 Å². The number of fused-ring (bicyclic) bond motifs is 2. The van der Waals surface area contributed by atoms with Crippen LogP contribution in [0, 0.1) is 23.2 Å². The highest BCUT2D eigenvalue weighted by Crippen LogP contribution is 2.51. The number of rotatable bonds is 3. The lowest BCUT2D eigenvalue weighted by Gasteiger charge is -2.43. The van der Waals surface area contributed by atoms with Crippen molar-refractivity contribution < 1.29 is 0 Å². The fourth-order valence-electron chi connectivity index (χ4n) is 4.36. The Kier molecular flexibility index (Phi) is 5.28. The third-order valence-electron chi connectivity index (χ3n) is 6.30. The van der Waals surface area contributed by atoms with E-state index in [4.69, 9.17) is 0 Å². The summed E-state index contributed by atoms with van der Waals surface area (Å²) in [5.41, 5.74) is 7.53. The van der Waals surface area contributed by atoms with Crippen LogP contribution in [-0.4, -0.2) is 0 Å². The standard InChI is InChI=1S/C23H30.CH4/c1-7-17-10-9-15(3)19-13-11-18-12-14-20(23(5,6)8-2)16(4)21(18)22(17)19;/h9-14,19-20,22H,4,7-8H2,1-3,5-6H3;1H4. The third-order valence-corrected chi connectivity index (χ3v) is 6.30. The molecule has 0 spiro atoms. The molecule has 130 valence electrons. The Morgan fingerprint density at radius 1 is 1.08 bits per heavy atom. The van der Waals surface area contributed by atoms with Gasteiger partial charge in [0.05, 0.1) is 0 Å². The van der Waals surface area contributed by atoms with Crippen LogP contribution < -0.4 is 0 Å². The van der Waals surface area contributed by atoms with Gasteiger partial charge >= 0.3 is 0 Å². The van der Waals surface area contributed by atoms with Crippen LogP contribution in [0.1, 0.15) is 54.9 Å². The Morgan fingerprint density at radius 3 is 2.38 bits per heavy atom. The molecule has 0 nitrogen and oxygen atoms in total. The topological polar surface area (TPSA) is 0 Å². The van der Waals surface area contributed by atoms with Crippen LogP contribution >= 0.6 is 0 Å². The quantitative estimate of drug-likeness (QED) is 0.515. The Morgan fingerprint density at radius 2 is 1.75 bits per heavy atom. The second kappa shape index (κ2) is 6.75. The van der Waals surface area contributed by atoms with E-state index in [-0.39, 0.29) is 12.8 Å². The largest absolute Gasteiger partial charge is 0.0949 e. The predicted molar refractivity (Wildman–Crippen MR) is 108 cm³/mol. The average Bonchev–Trinajstić information content (AvgIpc) is 2.55. The maximum atomic E-state index is 4.59. The van der Waals surface area contributed by atoms with Crippen LogP contribution in [0.4, 0.5) is 0 Å². The molecular formula is C24H34. The molecular weight excluding hydrogens is 288 g/mol. The highest BCUT2D eigenvalue weighted by Gasteiger charge is 2.39. The summed E-state index contributed by atoms with van der Waals surface area (Å²) in [5, 5.41) is 0. The van der Waals surface area contributed by atoms with E-state index in [1.54, 1.807) is 5.57 Å². The Hall–Kier alpha value is -1.56. The molecule has 0 heteroatoms. The summed E-state index contributed by atoms with van der Waals surface area (Å²) in [4.78, 5) is 0. The molecule has 0 amide bonds. The molecule has 0 aromatic heterocycles. The van der Waals surface area contributed by atoms with Crippen LogP contribution in [0.25, 0.3) is 0 Å². The highest BCUT2D eigenvalue weighted by atomic mass is 14.4. The monoisotopic (exact) mass is 322 g/mol. The van der Waals surface area contributed by atoms with Crippen molar-refractivity contribution in [2.75, 3.05) is 0 Å². The van der Waals surface area contributed by atoms with Crippen molar-refractivity contribution in [3.05, 3.63) is 70.9 Å². The molecule has 0 saturated heterocycles. The van der Waals surface area contributed by atoms with Crippen molar-refractivity contribution in [3.8, 4) is 0 Å². The maximum Gasteiger partial charge on any atom is 0.0160 e. The zero-order valence-corrected chi connectivity index (χ0v) is 15.3. The van der Waals surface area contributed by atoms with Crippen molar-refractivity contribution >= 4 is 0 Å². The van der Waals surface area contributed by atoms with Crippen LogP contribution in [-0.2, 0) is 0 Å². The van der Waals surface area contributed by atoms with E-state index in [1.165, 1.54) is 28.7 Å². The Labute approximate surface area is 149 Å². The third kappa shape index (κ3) is 2.81. The van der Waals surface area contributed by atoms with Crippen molar-refractivity contribution in [2.45, 2.75) is 54.9 Å². The van der Waals surface area contributed by atoms with Gasteiger partial charge in [-0.1, -0.05) is 95.7 Å². The predicted octanol–water partition coefficient (Wildman–Crippen LogP) is 7.20. The summed E-state index contributed by atoms with van der Waals surface area (Å²) in [6.07, 6.45) is 16.4. The summed E-state index contributed by atoms with van der Waals surface area (Å²) in [6.45, 7) is 16.2. The zero-order valence-electron chi connectivity index (χ0n) is 15.3. The van der Waals surface area contributed by atoms with Gasteiger partial charge in [-0.25, -0.2) is 0 Å². The van der Waals surface area contributed by atoms with Crippen LogP contribution in [0.3, 0.4) is 0 Å². The van der Waals surface area contributed by atoms with Crippen LogP contribution in [0.5, 0.6) is 0 Å². The number of allylic oxidation sites excluding steroid dienone is 11. The lowest BCUT2D eigenvalue weighted by molar-refractivity contribution is 0.278. The van der Waals surface area contributed by atoms with Crippen molar-refractivity contribution in [2.24, 2.45) is 23.2 Å². The molecule has 0 saturated carbocycles. The molecule has 0 aromatic rings. The molecule has 3 aliphatic rings. The molecule has 0 N–H and O–H groups in total. The van der Waals surface area contributed by atoms with E-state index in [2.05, 4.69) is 77.7 Å². The van der Waals surface area contributed by atoms with Gasteiger partial charge in [-0.15, -0.1) is 0 Å². The second-order valence-corrected chi connectivity index (χ2v) is 7.94. The first-order valence-electron chi connectivity index (χ1n) is 9.07. The van der Waals surface area contributed by atoms with Gasteiger partial charge in [0, 0.05) is 17.8 Å². The molecule has 0 fully saturated rings. The fraction of sp³-hybridized carbons (Fsp3) is 0.500. The smallest absolute Gasteiger partial charge is 0.0160 e. The minimum Gasteiger partial charge on any atom is -0.0949 e. The van der Waals surface area contributed by atoms with E-state index in [0.29, 0.717) is 17.8 Å². The SMILES string of the molecule is C.C=C1C2=C(C=CC3C(C)=CC=C(CC)C23)C=CC1C(C)(C)CC. The van der Waals surface area contributed by atoms with Crippen molar-refractivity contribution in [3.63, 3.8) is 0 Å². The van der Waals surface area contributed by atoms with Gasteiger partial charge < -0.3 is 0 Å². The molecule has 24 heavy (non-hydrogen) atoms. The molecule has 0 aliphatic heterocycles. The van der Waals surface area contributed by atoms with Gasteiger partial charge in [0.1, 0.15) is 0 Å². The number of hydrogen-bond donors (Lipinski definition) is 0. The van der Waals surface area contributed by atoms with Gasteiger partial charge in [-0.3, -0.25) is 0 Å². The molecule has 0 bridgehead atoms. The van der Waals surface area contributed by atoms with E-state index in [0.717, 1.165) is 6.42 Å². The van der Waals surface area contributed by atoms with Gasteiger partial charge in [-0.05, 0) is 35.5 Å². The van der Waals surface area contributed by atoms with E-state index < -0.39 is 0 Å². The summed E-state index contributed by atoms with van der Waals surface area (Å²) in [5.74, 6) is 1.46. The summed E-state index contributed by atoms with van der Waals surface area (Å²) in [7, 11) is 0. The van der Waals surface area contributed by atoms with Gasteiger partial charge in [0.2, 0.25) is 0 Å². The van der Waals surface area contributed by atoms with Crippen LogP contribution in [0.2, 0.25) is 0 Å². The first kappa shape index (κ1) is 18.8.